The molecule has 0 saturated heterocycles. The van der Waals surface area contributed by atoms with Crippen molar-refractivity contribution in [2.45, 2.75) is 5.92 Å². The lowest BCUT2D eigenvalue weighted by atomic mass is 9.86. The van der Waals surface area contributed by atoms with Crippen molar-refractivity contribution >= 4 is 23.5 Å². The third-order valence-electron chi connectivity index (χ3n) is 3.62. The second-order valence-corrected chi connectivity index (χ2v) is 5.25. The molecule has 0 amide bonds. The Bertz CT molecular complexity index is 767. The molecular weight excluding hydrogens is 304 g/mol. The summed E-state index contributed by atoms with van der Waals surface area (Å²) in [5.41, 5.74) is 2.07. The van der Waals surface area contributed by atoms with E-state index in [0.717, 1.165) is 11.8 Å². The van der Waals surface area contributed by atoms with Gasteiger partial charge in [0, 0.05) is 22.8 Å². The van der Waals surface area contributed by atoms with Crippen LogP contribution in [0.25, 0.3) is 5.57 Å². The van der Waals surface area contributed by atoms with E-state index in [2.05, 4.69) is 0 Å². The second kappa shape index (κ2) is 5.73. The number of hydrogen-bond acceptors (Lipinski definition) is 4. The lowest BCUT2D eigenvalue weighted by Gasteiger charge is -2.24. The van der Waals surface area contributed by atoms with Gasteiger partial charge in [-0.2, -0.15) is 0 Å². The highest BCUT2D eigenvalue weighted by Crippen LogP contribution is 2.45. The molecule has 2 aromatic carbocycles. The number of allylic oxidation sites excluding steroid dienone is 1. The molecule has 22 heavy (non-hydrogen) atoms. The molecule has 0 saturated carbocycles. The van der Waals surface area contributed by atoms with Gasteiger partial charge in [0.2, 0.25) is 0 Å². The van der Waals surface area contributed by atoms with Gasteiger partial charge in [-0.05, 0) is 12.1 Å². The number of methoxy groups -OCH3 is 1. The number of aromatic hydroxyl groups is 1. The van der Waals surface area contributed by atoms with Crippen molar-refractivity contribution < 1.29 is 19.4 Å². The number of carbonyl (C=O) groups is 1. The minimum Gasteiger partial charge on any atom is -0.506 e. The van der Waals surface area contributed by atoms with Crippen molar-refractivity contribution in [3.63, 3.8) is 0 Å². The van der Waals surface area contributed by atoms with Crippen molar-refractivity contribution in [2.24, 2.45) is 0 Å². The van der Waals surface area contributed by atoms with Crippen LogP contribution in [-0.4, -0.2) is 18.5 Å². The second-order valence-electron chi connectivity index (χ2n) is 4.85. The number of carbonyl (C=O) groups excluding carboxylic acids is 1. The van der Waals surface area contributed by atoms with Gasteiger partial charge in [0.1, 0.15) is 23.5 Å². The van der Waals surface area contributed by atoms with Gasteiger partial charge in [-0.3, -0.25) is 0 Å². The van der Waals surface area contributed by atoms with Crippen molar-refractivity contribution in [3.8, 4) is 17.2 Å². The van der Waals surface area contributed by atoms with Crippen molar-refractivity contribution in [3.05, 3.63) is 58.8 Å². The van der Waals surface area contributed by atoms with Gasteiger partial charge in [0.05, 0.1) is 24.3 Å². The fourth-order valence-electron chi connectivity index (χ4n) is 2.53. The first kappa shape index (κ1) is 14.5. The summed E-state index contributed by atoms with van der Waals surface area (Å²) in [6, 6.07) is 10.3. The smallest absolute Gasteiger partial charge is 0.137 e. The molecule has 0 fully saturated rings. The highest BCUT2D eigenvalue weighted by molar-refractivity contribution is 6.32. The molecule has 0 aromatic heterocycles. The van der Waals surface area contributed by atoms with E-state index in [1.165, 1.54) is 12.3 Å². The highest BCUT2D eigenvalue weighted by Gasteiger charge is 2.28. The van der Waals surface area contributed by atoms with E-state index in [1.807, 2.05) is 24.3 Å². The van der Waals surface area contributed by atoms with Crippen LogP contribution >= 0.6 is 11.6 Å². The molecular formula is C17H13ClO4. The van der Waals surface area contributed by atoms with Gasteiger partial charge < -0.3 is 19.4 Å². The molecule has 4 nitrogen and oxygen atoms in total. The van der Waals surface area contributed by atoms with Crippen molar-refractivity contribution in [1.82, 2.24) is 0 Å². The highest BCUT2D eigenvalue weighted by atomic mass is 35.5. The molecule has 1 aliphatic heterocycles. The Balaban J connectivity index is 2.13. The molecule has 0 spiro atoms. The topological polar surface area (TPSA) is 55.8 Å². The first-order valence-corrected chi connectivity index (χ1v) is 7.01. The van der Waals surface area contributed by atoms with E-state index >= 15 is 0 Å². The van der Waals surface area contributed by atoms with Gasteiger partial charge in [0.25, 0.3) is 0 Å². The quantitative estimate of drug-likeness (QED) is 0.876. The summed E-state index contributed by atoms with van der Waals surface area (Å²) in [4.78, 5) is 11.7. The van der Waals surface area contributed by atoms with Crippen LogP contribution in [0, 0.1) is 0 Å². The molecule has 0 radical (unpaired) electrons. The molecule has 1 heterocycles. The third kappa shape index (κ3) is 2.31. The monoisotopic (exact) mass is 316 g/mol. The number of rotatable bonds is 3. The predicted molar refractivity (Wildman–Crippen MR) is 83.5 cm³/mol. The fourth-order valence-corrected chi connectivity index (χ4v) is 2.70. The predicted octanol–water partition coefficient (Wildman–Crippen LogP) is 3.77. The Hall–Kier alpha value is -2.46. The van der Waals surface area contributed by atoms with Crippen LogP contribution in [-0.2, 0) is 4.79 Å². The molecule has 0 bridgehead atoms. The number of ether oxygens (including phenoxy) is 2. The molecule has 1 atom stereocenters. The first-order chi connectivity index (χ1) is 10.7. The minimum absolute atomic E-state index is 0.0841. The number of phenolic OH excluding ortho intramolecular Hbond substituents is 1. The first-order valence-electron chi connectivity index (χ1n) is 6.63. The van der Waals surface area contributed by atoms with Gasteiger partial charge in [-0.15, -0.1) is 0 Å². The van der Waals surface area contributed by atoms with Crippen LogP contribution in [0.1, 0.15) is 17.0 Å². The van der Waals surface area contributed by atoms with Crippen LogP contribution < -0.4 is 9.47 Å². The summed E-state index contributed by atoms with van der Waals surface area (Å²) in [5.74, 6) is 0.438. The fraction of sp³-hybridized carbons (Fsp3) is 0.118. The maximum absolute atomic E-state index is 11.7. The van der Waals surface area contributed by atoms with Gasteiger partial charge >= 0.3 is 0 Å². The molecule has 112 valence electrons. The summed E-state index contributed by atoms with van der Waals surface area (Å²) in [5, 5.41) is 9.83. The summed E-state index contributed by atoms with van der Waals surface area (Å²) < 4.78 is 10.9. The van der Waals surface area contributed by atoms with Gasteiger partial charge in [-0.25, -0.2) is 0 Å². The summed E-state index contributed by atoms with van der Waals surface area (Å²) in [6.45, 7) is 0. The maximum atomic E-state index is 11.7. The molecule has 0 aliphatic carbocycles. The van der Waals surface area contributed by atoms with Crippen molar-refractivity contribution in [1.29, 1.82) is 0 Å². The van der Waals surface area contributed by atoms with Crippen LogP contribution in [0.3, 0.4) is 0 Å². The van der Waals surface area contributed by atoms with Crippen LogP contribution in [0.2, 0.25) is 5.02 Å². The normalized spacial score (nSPS) is 16.3. The Kier molecular flexibility index (Phi) is 3.77. The van der Waals surface area contributed by atoms with Gasteiger partial charge in [0.15, 0.2) is 0 Å². The lowest BCUT2D eigenvalue weighted by Crippen LogP contribution is -2.12. The standard InChI is InChI=1S/C17H13ClO4/c1-21-16-5-3-2-4-10(16)13-9-22-17-7-15(20)14(18)6-11(17)12(13)8-19/h2-9,12,20H,1H3. The van der Waals surface area contributed by atoms with E-state index in [1.54, 1.807) is 13.2 Å². The van der Waals surface area contributed by atoms with Gasteiger partial charge in [-0.1, -0.05) is 29.8 Å². The van der Waals surface area contributed by atoms with E-state index in [-0.39, 0.29) is 10.8 Å². The van der Waals surface area contributed by atoms with E-state index < -0.39 is 5.92 Å². The van der Waals surface area contributed by atoms with Crippen LogP contribution in [0.15, 0.2) is 42.7 Å². The zero-order chi connectivity index (χ0) is 15.7. The largest absolute Gasteiger partial charge is 0.506 e. The maximum Gasteiger partial charge on any atom is 0.137 e. The minimum atomic E-state index is -0.543. The molecule has 5 heteroatoms. The summed E-state index contributed by atoms with van der Waals surface area (Å²) in [6.07, 6.45) is 2.33. The SMILES string of the molecule is COc1ccccc1C1=COc2cc(O)c(Cl)cc2C1C=O. The van der Waals surface area contributed by atoms with Crippen molar-refractivity contribution in [2.75, 3.05) is 7.11 Å². The van der Waals surface area contributed by atoms with E-state index in [4.69, 9.17) is 21.1 Å². The molecule has 3 rings (SSSR count). The van der Waals surface area contributed by atoms with E-state index in [0.29, 0.717) is 22.6 Å². The van der Waals surface area contributed by atoms with Crippen LogP contribution in [0.5, 0.6) is 17.2 Å². The Morgan fingerprint density at radius 3 is 2.82 bits per heavy atom. The zero-order valence-electron chi connectivity index (χ0n) is 11.7. The average molecular weight is 317 g/mol. The molecule has 1 aliphatic rings. The summed E-state index contributed by atoms with van der Waals surface area (Å²) in [7, 11) is 1.57. The summed E-state index contributed by atoms with van der Waals surface area (Å²) >= 11 is 5.95. The molecule has 2 aromatic rings. The number of hydrogen-bond donors (Lipinski definition) is 1. The Morgan fingerprint density at radius 1 is 1.32 bits per heavy atom. The number of fused-ring (bicyclic) bond motifs is 1. The number of para-hydroxylation sites is 1. The molecule has 1 unspecified atom stereocenters. The molecule has 1 N–H and O–H groups in total. The average Bonchev–Trinajstić information content (AvgIpc) is 2.55. The lowest BCUT2D eigenvalue weighted by molar-refractivity contribution is -0.108. The third-order valence-corrected chi connectivity index (χ3v) is 3.92. The Labute approximate surface area is 132 Å². The zero-order valence-corrected chi connectivity index (χ0v) is 12.5. The Morgan fingerprint density at radius 2 is 2.09 bits per heavy atom. The van der Waals surface area contributed by atoms with E-state index in [9.17, 15) is 9.90 Å². The number of aldehydes is 1. The number of benzene rings is 2. The number of phenols is 1. The van der Waals surface area contributed by atoms with Crippen LogP contribution in [0.4, 0.5) is 0 Å². The number of halogens is 1.